The molecular weight excluding hydrogens is 259 g/mol. The number of nitrogens with two attached hydrogens (primary N) is 1. The van der Waals surface area contributed by atoms with Crippen molar-refractivity contribution in [2.75, 3.05) is 19.7 Å². The number of amidine groups is 1. The monoisotopic (exact) mass is 271 g/mol. The third-order valence-electron chi connectivity index (χ3n) is 3.50. The van der Waals surface area contributed by atoms with Crippen LogP contribution in [0.25, 0.3) is 0 Å². The summed E-state index contributed by atoms with van der Waals surface area (Å²) in [5.74, 6) is -2.89. The van der Waals surface area contributed by atoms with Gasteiger partial charge < -0.3 is 15.5 Å². The van der Waals surface area contributed by atoms with Crippen LogP contribution in [-0.2, 0) is 4.84 Å². The lowest BCUT2D eigenvalue weighted by atomic mass is 9.93. The van der Waals surface area contributed by atoms with Gasteiger partial charge in [0, 0.05) is 30.2 Å². The average Bonchev–Trinajstić information content (AvgIpc) is 2.66. The molecule has 7 heteroatoms. The van der Waals surface area contributed by atoms with E-state index in [-0.39, 0.29) is 5.56 Å². The van der Waals surface area contributed by atoms with Crippen LogP contribution in [0.15, 0.2) is 17.3 Å². The van der Waals surface area contributed by atoms with E-state index in [9.17, 15) is 13.2 Å². The highest BCUT2D eigenvalue weighted by Crippen LogP contribution is 2.32. The van der Waals surface area contributed by atoms with Crippen molar-refractivity contribution < 1.29 is 18.0 Å². The Hall–Kier alpha value is -1.76. The smallest absolute Gasteiger partial charge is 0.162 e. The molecule has 0 amide bonds. The molecule has 0 unspecified atom stereocenters. The van der Waals surface area contributed by atoms with Gasteiger partial charge in [-0.15, -0.1) is 0 Å². The molecule has 0 saturated carbocycles. The maximum Gasteiger partial charge on any atom is 0.162 e. The van der Waals surface area contributed by atoms with Crippen LogP contribution >= 0.6 is 0 Å². The molecule has 2 aliphatic heterocycles. The maximum absolute atomic E-state index is 13.8. The van der Waals surface area contributed by atoms with Crippen molar-refractivity contribution >= 4 is 5.84 Å². The Morgan fingerprint density at radius 1 is 1.26 bits per heavy atom. The lowest BCUT2D eigenvalue weighted by Gasteiger charge is -2.22. The van der Waals surface area contributed by atoms with Crippen molar-refractivity contribution in [3.8, 4) is 0 Å². The van der Waals surface area contributed by atoms with Crippen LogP contribution in [0.1, 0.15) is 11.5 Å². The molecule has 1 aromatic carbocycles. The van der Waals surface area contributed by atoms with Gasteiger partial charge in [-0.05, 0) is 0 Å². The van der Waals surface area contributed by atoms with Crippen LogP contribution < -0.4 is 5.73 Å². The summed E-state index contributed by atoms with van der Waals surface area (Å²) < 4.78 is 40.5. The number of nitrogens with zero attached hydrogens (tertiary/aromatic N) is 2. The first-order valence-electron chi connectivity index (χ1n) is 5.92. The zero-order chi connectivity index (χ0) is 13.6. The minimum absolute atomic E-state index is 0.189. The summed E-state index contributed by atoms with van der Waals surface area (Å²) in [6, 6.07) is 0.677. The van der Waals surface area contributed by atoms with Crippen molar-refractivity contribution in [3.63, 3.8) is 0 Å². The van der Waals surface area contributed by atoms with Crippen LogP contribution in [0.2, 0.25) is 0 Å². The number of benzene rings is 1. The first-order chi connectivity index (χ1) is 9.08. The molecule has 3 rings (SSSR count). The summed E-state index contributed by atoms with van der Waals surface area (Å²) >= 11 is 0. The van der Waals surface area contributed by atoms with Gasteiger partial charge >= 0.3 is 0 Å². The van der Waals surface area contributed by atoms with E-state index in [1.807, 2.05) is 4.90 Å². The largest absolute Gasteiger partial charge is 0.392 e. The zero-order valence-corrected chi connectivity index (χ0v) is 9.94. The summed E-state index contributed by atoms with van der Waals surface area (Å²) in [5.41, 5.74) is 5.77. The van der Waals surface area contributed by atoms with E-state index in [1.54, 1.807) is 0 Å². The number of rotatable bonds is 1. The predicted molar refractivity (Wildman–Crippen MR) is 62.0 cm³/mol. The molecule has 0 aromatic heterocycles. The minimum Gasteiger partial charge on any atom is -0.392 e. The van der Waals surface area contributed by atoms with Crippen LogP contribution in [-0.4, -0.2) is 36.5 Å². The van der Waals surface area contributed by atoms with Crippen LogP contribution in [0, 0.1) is 17.5 Å². The fraction of sp³-hybridized carbons (Fsp3) is 0.417. The third kappa shape index (κ3) is 1.94. The molecule has 1 saturated heterocycles. The Bertz CT molecular complexity index is 526. The van der Waals surface area contributed by atoms with Gasteiger partial charge in [0.25, 0.3) is 0 Å². The highest BCUT2D eigenvalue weighted by atomic mass is 19.1. The summed E-state index contributed by atoms with van der Waals surface area (Å²) in [6.07, 6.45) is 0. The SMILES string of the molecule is N[C@@H]1C2=NOCCN2C[C@H]1c1c(F)cc(F)cc1F. The van der Waals surface area contributed by atoms with Crippen molar-refractivity contribution in [2.45, 2.75) is 12.0 Å². The van der Waals surface area contributed by atoms with Gasteiger partial charge in [-0.1, -0.05) is 5.16 Å². The van der Waals surface area contributed by atoms with Crippen LogP contribution in [0.5, 0.6) is 0 Å². The second kappa shape index (κ2) is 4.41. The number of oxime groups is 1. The molecule has 0 radical (unpaired) electrons. The molecule has 4 nitrogen and oxygen atoms in total. The van der Waals surface area contributed by atoms with E-state index in [1.165, 1.54) is 0 Å². The molecule has 2 atom stereocenters. The summed E-state index contributed by atoms with van der Waals surface area (Å²) in [5, 5.41) is 3.82. The molecule has 102 valence electrons. The first-order valence-corrected chi connectivity index (χ1v) is 5.92. The highest BCUT2D eigenvalue weighted by molar-refractivity contribution is 5.90. The molecule has 2 N–H and O–H groups in total. The molecule has 2 heterocycles. The van der Waals surface area contributed by atoms with Gasteiger partial charge in [0.2, 0.25) is 0 Å². The number of hydrogen-bond donors (Lipinski definition) is 1. The van der Waals surface area contributed by atoms with Crippen molar-refractivity contribution in [3.05, 3.63) is 35.1 Å². The Balaban J connectivity index is 2.00. The first kappa shape index (κ1) is 12.3. The summed E-state index contributed by atoms with van der Waals surface area (Å²) in [7, 11) is 0. The van der Waals surface area contributed by atoms with E-state index in [0.29, 0.717) is 37.7 Å². The molecule has 2 aliphatic rings. The van der Waals surface area contributed by atoms with Crippen molar-refractivity contribution in [1.82, 2.24) is 4.90 Å². The van der Waals surface area contributed by atoms with Gasteiger partial charge in [-0.25, -0.2) is 13.2 Å². The fourth-order valence-electron chi connectivity index (χ4n) is 2.60. The predicted octanol–water partition coefficient (Wildman–Crippen LogP) is 1.17. The van der Waals surface area contributed by atoms with Crippen molar-refractivity contribution in [1.29, 1.82) is 0 Å². The second-order valence-electron chi connectivity index (χ2n) is 4.64. The molecular formula is C12H12F3N3O. The molecule has 19 heavy (non-hydrogen) atoms. The topological polar surface area (TPSA) is 50.9 Å². The van der Waals surface area contributed by atoms with E-state index in [4.69, 9.17) is 10.6 Å². The zero-order valence-electron chi connectivity index (χ0n) is 9.94. The standard InChI is InChI=1S/C12H12F3N3O/c13-6-3-8(14)10(9(15)4-6)7-5-18-1-2-19-17-12(18)11(7)16/h3-4,7,11H,1-2,5,16H2/t7-,11-/m0/s1. The van der Waals surface area contributed by atoms with Gasteiger partial charge in [0.1, 0.15) is 24.1 Å². The maximum atomic E-state index is 13.8. The van der Waals surface area contributed by atoms with Gasteiger partial charge in [0.05, 0.1) is 12.6 Å². The fourth-order valence-corrected chi connectivity index (χ4v) is 2.60. The normalized spacial score (nSPS) is 25.9. The molecule has 1 aromatic rings. The third-order valence-corrected chi connectivity index (χ3v) is 3.50. The molecule has 1 fully saturated rings. The number of hydrogen-bond acceptors (Lipinski definition) is 4. The molecule has 0 spiro atoms. The van der Waals surface area contributed by atoms with Gasteiger partial charge in [-0.3, -0.25) is 0 Å². The van der Waals surface area contributed by atoms with Crippen LogP contribution in [0.4, 0.5) is 13.2 Å². The summed E-state index contributed by atoms with van der Waals surface area (Å²) in [6.45, 7) is 1.34. The quantitative estimate of drug-likeness (QED) is 0.834. The highest BCUT2D eigenvalue weighted by Gasteiger charge is 2.41. The van der Waals surface area contributed by atoms with Gasteiger partial charge in [0.15, 0.2) is 5.84 Å². The average molecular weight is 271 g/mol. The number of halogens is 3. The van der Waals surface area contributed by atoms with Crippen LogP contribution in [0.3, 0.4) is 0 Å². The Labute approximate surface area is 107 Å². The van der Waals surface area contributed by atoms with E-state index >= 15 is 0 Å². The van der Waals surface area contributed by atoms with E-state index in [0.717, 1.165) is 0 Å². The lowest BCUT2D eigenvalue weighted by Crippen LogP contribution is -2.39. The number of fused-ring (bicyclic) bond motifs is 1. The molecule has 0 bridgehead atoms. The van der Waals surface area contributed by atoms with Gasteiger partial charge in [-0.2, -0.15) is 0 Å². The Kier molecular flexibility index (Phi) is 2.85. The van der Waals surface area contributed by atoms with Crippen molar-refractivity contribution in [2.24, 2.45) is 10.9 Å². The Morgan fingerprint density at radius 2 is 1.95 bits per heavy atom. The Morgan fingerprint density at radius 3 is 2.58 bits per heavy atom. The van der Waals surface area contributed by atoms with E-state index in [2.05, 4.69) is 5.16 Å². The minimum atomic E-state index is -0.941. The van der Waals surface area contributed by atoms with E-state index < -0.39 is 29.4 Å². The lowest BCUT2D eigenvalue weighted by molar-refractivity contribution is 0.106. The molecule has 0 aliphatic carbocycles. The second-order valence-corrected chi connectivity index (χ2v) is 4.64. The summed E-state index contributed by atoms with van der Waals surface area (Å²) in [4.78, 5) is 6.77.